The molecule has 0 radical (unpaired) electrons. The van der Waals surface area contributed by atoms with Gasteiger partial charge in [0.15, 0.2) is 11.6 Å². The van der Waals surface area contributed by atoms with E-state index in [-0.39, 0.29) is 10.7 Å². The number of nitrogens with zero attached hydrogens (tertiary/aromatic N) is 1. The molecule has 1 heterocycles. The first kappa shape index (κ1) is 11.6. The molecular weight excluding hydrogens is 225 g/mol. The number of methoxy groups -OCH3 is 1. The molecule has 0 fully saturated rings. The van der Waals surface area contributed by atoms with Gasteiger partial charge in [0.25, 0.3) is 0 Å². The van der Waals surface area contributed by atoms with E-state index in [4.69, 9.17) is 11.6 Å². The van der Waals surface area contributed by atoms with Crippen LogP contribution in [0.4, 0.5) is 4.39 Å². The van der Waals surface area contributed by atoms with Crippen LogP contribution in [0.15, 0.2) is 6.07 Å². The molecule has 0 aliphatic rings. The molecule has 1 aromatic heterocycles. The van der Waals surface area contributed by atoms with Crippen molar-refractivity contribution < 1.29 is 18.7 Å². The molecule has 1 rings (SSSR count). The maximum absolute atomic E-state index is 13.2. The SMILES string of the molecule is COC(=O)c1cc(F)c(C(C)=O)nc1Cl. The zero-order valence-electron chi connectivity index (χ0n) is 8.01. The van der Waals surface area contributed by atoms with Gasteiger partial charge >= 0.3 is 5.97 Å². The van der Waals surface area contributed by atoms with Gasteiger partial charge < -0.3 is 4.74 Å². The fourth-order valence-electron chi connectivity index (χ4n) is 0.966. The first-order chi connectivity index (χ1) is 6.97. The average molecular weight is 232 g/mol. The molecule has 0 unspecified atom stereocenters. The Labute approximate surface area is 90.0 Å². The molecule has 80 valence electrons. The van der Waals surface area contributed by atoms with Crippen molar-refractivity contribution in [2.24, 2.45) is 0 Å². The summed E-state index contributed by atoms with van der Waals surface area (Å²) in [6.45, 7) is 1.15. The maximum atomic E-state index is 13.2. The summed E-state index contributed by atoms with van der Waals surface area (Å²) in [6.07, 6.45) is 0. The third-order valence-corrected chi connectivity index (χ3v) is 1.96. The largest absolute Gasteiger partial charge is 0.465 e. The van der Waals surface area contributed by atoms with Crippen LogP contribution in [-0.2, 0) is 4.74 Å². The highest BCUT2D eigenvalue weighted by Gasteiger charge is 2.18. The highest BCUT2D eigenvalue weighted by atomic mass is 35.5. The predicted octanol–water partition coefficient (Wildman–Crippen LogP) is 1.86. The average Bonchev–Trinajstić information content (AvgIpc) is 2.19. The van der Waals surface area contributed by atoms with Crippen molar-refractivity contribution in [1.29, 1.82) is 0 Å². The van der Waals surface area contributed by atoms with Gasteiger partial charge in [0, 0.05) is 6.92 Å². The number of aromatic nitrogens is 1. The molecule has 0 aliphatic heterocycles. The zero-order valence-corrected chi connectivity index (χ0v) is 8.76. The minimum absolute atomic E-state index is 0.207. The molecule has 0 saturated carbocycles. The molecule has 0 atom stereocenters. The van der Waals surface area contributed by atoms with Crippen LogP contribution in [-0.4, -0.2) is 23.8 Å². The highest BCUT2D eigenvalue weighted by molar-refractivity contribution is 6.32. The standard InChI is InChI=1S/C9H7ClFNO3/c1-4(13)7-6(11)3-5(8(10)12-7)9(14)15-2/h3H,1-2H3. The third-order valence-electron chi connectivity index (χ3n) is 1.67. The summed E-state index contributed by atoms with van der Waals surface area (Å²) in [7, 11) is 1.13. The number of carbonyl (C=O) groups excluding carboxylic acids is 2. The van der Waals surface area contributed by atoms with Crippen molar-refractivity contribution in [3.8, 4) is 0 Å². The monoisotopic (exact) mass is 231 g/mol. The van der Waals surface area contributed by atoms with E-state index in [1.807, 2.05) is 0 Å². The second kappa shape index (κ2) is 4.35. The normalized spacial score (nSPS) is 9.87. The summed E-state index contributed by atoms with van der Waals surface area (Å²) in [5.74, 6) is -2.26. The number of Topliss-reactive ketones (excluding diaryl/α,β-unsaturated/α-hetero) is 1. The summed E-state index contributed by atoms with van der Waals surface area (Å²) in [6, 6.07) is 0.831. The van der Waals surface area contributed by atoms with Crippen LogP contribution < -0.4 is 0 Å². The van der Waals surface area contributed by atoms with Crippen LogP contribution in [0.5, 0.6) is 0 Å². The summed E-state index contributed by atoms with van der Waals surface area (Å²) in [5, 5.41) is -0.256. The lowest BCUT2D eigenvalue weighted by atomic mass is 10.2. The number of halogens is 2. The number of carbonyl (C=O) groups is 2. The maximum Gasteiger partial charge on any atom is 0.341 e. The zero-order chi connectivity index (χ0) is 11.6. The molecule has 0 saturated heterocycles. The van der Waals surface area contributed by atoms with Crippen molar-refractivity contribution in [2.45, 2.75) is 6.92 Å². The van der Waals surface area contributed by atoms with Gasteiger partial charge in [-0.15, -0.1) is 0 Å². The molecule has 1 aromatic rings. The molecule has 4 nitrogen and oxygen atoms in total. The van der Waals surface area contributed by atoms with Gasteiger partial charge in [-0.25, -0.2) is 14.2 Å². The highest BCUT2D eigenvalue weighted by Crippen LogP contribution is 2.18. The quantitative estimate of drug-likeness (QED) is 0.443. The molecule has 6 heteroatoms. The Hall–Kier alpha value is -1.49. The third kappa shape index (κ3) is 2.30. The van der Waals surface area contributed by atoms with E-state index in [0.29, 0.717) is 0 Å². The van der Waals surface area contributed by atoms with Crippen LogP contribution in [0, 0.1) is 5.82 Å². The Bertz CT molecular complexity index is 434. The van der Waals surface area contributed by atoms with Crippen molar-refractivity contribution in [1.82, 2.24) is 4.98 Å². The van der Waals surface area contributed by atoms with E-state index >= 15 is 0 Å². The van der Waals surface area contributed by atoms with Crippen LogP contribution in [0.2, 0.25) is 5.15 Å². The lowest BCUT2D eigenvalue weighted by Crippen LogP contribution is -2.09. The molecule has 0 spiro atoms. The summed E-state index contributed by atoms with van der Waals surface area (Å²) >= 11 is 5.59. The van der Waals surface area contributed by atoms with E-state index in [1.54, 1.807) is 0 Å². The van der Waals surface area contributed by atoms with E-state index in [2.05, 4.69) is 9.72 Å². The topological polar surface area (TPSA) is 56.3 Å². The van der Waals surface area contributed by atoms with Crippen LogP contribution >= 0.6 is 11.6 Å². The number of hydrogen-bond donors (Lipinski definition) is 0. The number of esters is 1. The van der Waals surface area contributed by atoms with Gasteiger partial charge in [0.1, 0.15) is 10.8 Å². The predicted molar refractivity (Wildman–Crippen MR) is 50.5 cm³/mol. The molecule has 0 bridgehead atoms. The van der Waals surface area contributed by atoms with Gasteiger partial charge in [-0.05, 0) is 6.07 Å². The van der Waals surface area contributed by atoms with E-state index in [0.717, 1.165) is 20.1 Å². The van der Waals surface area contributed by atoms with Crippen LogP contribution in [0.1, 0.15) is 27.8 Å². The van der Waals surface area contributed by atoms with Gasteiger partial charge in [0.2, 0.25) is 0 Å². The van der Waals surface area contributed by atoms with Crippen LogP contribution in [0.3, 0.4) is 0 Å². The van der Waals surface area contributed by atoms with Crippen molar-refractivity contribution in [3.63, 3.8) is 0 Å². The lowest BCUT2D eigenvalue weighted by molar-refractivity contribution is 0.0599. The number of ether oxygens (including phenoxy) is 1. The molecule has 0 aromatic carbocycles. The summed E-state index contributed by atoms with van der Waals surface area (Å²) in [4.78, 5) is 25.4. The van der Waals surface area contributed by atoms with Crippen molar-refractivity contribution >= 4 is 23.4 Å². The Morgan fingerprint density at radius 2 is 2.13 bits per heavy atom. The second-order valence-corrected chi connectivity index (χ2v) is 3.06. The number of rotatable bonds is 2. The molecular formula is C9H7ClFNO3. The smallest absolute Gasteiger partial charge is 0.341 e. The molecule has 0 N–H and O–H groups in total. The summed E-state index contributed by atoms with van der Waals surface area (Å²) in [5.41, 5.74) is -0.602. The van der Waals surface area contributed by atoms with E-state index in [1.165, 1.54) is 0 Å². The van der Waals surface area contributed by atoms with Crippen molar-refractivity contribution in [2.75, 3.05) is 7.11 Å². The Kier molecular flexibility index (Phi) is 3.36. The second-order valence-electron chi connectivity index (χ2n) is 2.70. The fraction of sp³-hybridized carbons (Fsp3) is 0.222. The number of hydrogen-bond acceptors (Lipinski definition) is 4. The van der Waals surface area contributed by atoms with E-state index < -0.39 is 23.3 Å². The minimum atomic E-state index is -0.896. The number of pyridine rings is 1. The van der Waals surface area contributed by atoms with Gasteiger partial charge in [-0.3, -0.25) is 4.79 Å². The minimum Gasteiger partial charge on any atom is -0.465 e. The number of ketones is 1. The first-order valence-electron chi connectivity index (χ1n) is 3.92. The van der Waals surface area contributed by atoms with Crippen molar-refractivity contribution in [3.05, 3.63) is 28.3 Å². The Morgan fingerprint density at radius 1 is 1.53 bits per heavy atom. The Morgan fingerprint density at radius 3 is 2.60 bits per heavy atom. The molecule has 0 aliphatic carbocycles. The molecule has 15 heavy (non-hydrogen) atoms. The molecule has 0 amide bonds. The fourth-order valence-corrected chi connectivity index (χ4v) is 1.18. The van der Waals surface area contributed by atoms with Gasteiger partial charge in [0.05, 0.1) is 12.7 Å². The van der Waals surface area contributed by atoms with E-state index in [9.17, 15) is 14.0 Å². The van der Waals surface area contributed by atoms with Gasteiger partial charge in [-0.1, -0.05) is 11.6 Å². The Balaban J connectivity index is 3.31. The lowest BCUT2D eigenvalue weighted by Gasteiger charge is -2.04. The first-order valence-corrected chi connectivity index (χ1v) is 4.30. The van der Waals surface area contributed by atoms with Crippen LogP contribution in [0.25, 0.3) is 0 Å². The summed E-state index contributed by atoms with van der Waals surface area (Å²) < 4.78 is 17.6. The van der Waals surface area contributed by atoms with Gasteiger partial charge in [-0.2, -0.15) is 0 Å².